The summed E-state index contributed by atoms with van der Waals surface area (Å²) in [4.78, 5) is 0. The number of phenols is 1. The zero-order chi connectivity index (χ0) is 9.14. The SMILES string of the molecule is C=CCc1c(I)ccc(Cl)c1O. The summed E-state index contributed by atoms with van der Waals surface area (Å²) < 4.78 is 1.01. The smallest absolute Gasteiger partial charge is 0.138 e. The summed E-state index contributed by atoms with van der Waals surface area (Å²) in [7, 11) is 0. The van der Waals surface area contributed by atoms with E-state index in [9.17, 15) is 5.11 Å². The van der Waals surface area contributed by atoms with Gasteiger partial charge in [-0.15, -0.1) is 6.58 Å². The first kappa shape index (κ1) is 9.86. The summed E-state index contributed by atoms with van der Waals surface area (Å²) in [6.07, 6.45) is 2.39. The van der Waals surface area contributed by atoms with Gasteiger partial charge in [-0.2, -0.15) is 0 Å². The van der Waals surface area contributed by atoms with Crippen LogP contribution in [-0.2, 0) is 6.42 Å². The van der Waals surface area contributed by atoms with E-state index in [1.54, 1.807) is 12.1 Å². The van der Waals surface area contributed by atoms with Crippen LogP contribution in [0.25, 0.3) is 0 Å². The molecule has 1 aromatic carbocycles. The first-order valence-electron chi connectivity index (χ1n) is 3.43. The van der Waals surface area contributed by atoms with E-state index in [1.165, 1.54) is 0 Å². The van der Waals surface area contributed by atoms with Crippen molar-refractivity contribution < 1.29 is 5.11 Å². The summed E-state index contributed by atoms with van der Waals surface area (Å²) in [5, 5.41) is 9.92. The maximum atomic E-state index is 9.52. The van der Waals surface area contributed by atoms with Gasteiger partial charge in [-0.25, -0.2) is 0 Å². The van der Waals surface area contributed by atoms with Crippen molar-refractivity contribution in [2.75, 3.05) is 0 Å². The first-order valence-corrected chi connectivity index (χ1v) is 4.89. The number of hydrogen-bond acceptors (Lipinski definition) is 1. The van der Waals surface area contributed by atoms with Gasteiger partial charge >= 0.3 is 0 Å². The Bertz CT molecular complexity index is 310. The minimum atomic E-state index is 0.170. The fourth-order valence-corrected chi connectivity index (χ4v) is 1.75. The number of benzene rings is 1. The monoisotopic (exact) mass is 294 g/mol. The van der Waals surface area contributed by atoms with Gasteiger partial charge in [0.1, 0.15) is 5.75 Å². The molecule has 0 amide bonds. The van der Waals surface area contributed by atoms with E-state index < -0.39 is 0 Å². The second kappa shape index (κ2) is 4.14. The molecule has 1 rings (SSSR count). The van der Waals surface area contributed by atoms with E-state index in [-0.39, 0.29) is 5.75 Å². The molecule has 0 atom stereocenters. The van der Waals surface area contributed by atoms with E-state index >= 15 is 0 Å². The molecule has 0 heterocycles. The van der Waals surface area contributed by atoms with Crippen LogP contribution < -0.4 is 0 Å². The third-order valence-electron chi connectivity index (χ3n) is 1.52. The molecule has 0 unspecified atom stereocenters. The van der Waals surface area contributed by atoms with Gasteiger partial charge in [-0.05, 0) is 41.1 Å². The van der Waals surface area contributed by atoms with Crippen molar-refractivity contribution >= 4 is 34.2 Å². The van der Waals surface area contributed by atoms with E-state index in [0.717, 1.165) is 9.13 Å². The standard InChI is InChI=1S/C9H8ClIO/c1-2-3-6-8(11)5-4-7(10)9(6)12/h2,4-5,12H,1,3H2. The van der Waals surface area contributed by atoms with Crippen LogP contribution in [0, 0.1) is 3.57 Å². The maximum Gasteiger partial charge on any atom is 0.138 e. The molecular formula is C9H8ClIO. The summed E-state index contributed by atoms with van der Waals surface area (Å²) in [6, 6.07) is 3.56. The lowest BCUT2D eigenvalue weighted by Gasteiger charge is -2.05. The van der Waals surface area contributed by atoms with Crippen LogP contribution in [0.2, 0.25) is 5.02 Å². The Balaban J connectivity index is 3.22. The van der Waals surface area contributed by atoms with E-state index in [4.69, 9.17) is 11.6 Å². The number of aromatic hydroxyl groups is 1. The van der Waals surface area contributed by atoms with Crippen LogP contribution in [0.15, 0.2) is 24.8 Å². The Morgan fingerprint density at radius 1 is 1.58 bits per heavy atom. The van der Waals surface area contributed by atoms with E-state index in [0.29, 0.717) is 11.4 Å². The average molecular weight is 295 g/mol. The van der Waals surface area contributed by atoms with Crippen molar-refractivity contribution in [1.29, 1.82) is 0 Å². The highest BCUT2D eigenvalue weighted by Gasteiger charge is 2.07. The summed E-state index contributed by atoms with van der Waals surface area (Å²) >= 11 is 7.89. The quantitative estimate of drug-likeness (QED) is 0.655. The number of halogens is 2. The van der Waals surface area contributed by atoms with Gasteiger partial charge in [0.2, 0.25) is 0 Å². The molecule has 0 aliphatic rings. The highest BCUT2D eigenvalue weighted by Crippen LogP contribution is 2.31. The molecule has 0 bridgehead atoms. The predicted octanol–water partition coefficient (Wildman–Crippen LogP) is 3.38. The minimum absolute atomic E-state index is 0.170. The van der Waals surface area contributed by atoms with Crippen LogP contribution >= 0.6 is 34.2 Å². The van der Waals surface area contributed by atoms with Gasteiger partial charge < -0.3 is 5.11 Å². The van der Waals surface area contributed by atoms with Crippen LogP contribution in [0.5, 0.6) is 5.75 Å². The van der Waals surface area contributed by atoms with Gasteiger partial charge in [-0.1, -0.05) is 17.7 Å². The van der Waals surface area contributed by atoms with Crippen molar-refractivity contribution in [1.82, 2.24) is 0 Å². The normalized spacial score (nSPS) is 9.83. The zero-order valence-electron chi connectivity index (χ0n) is 6.35. The number of allylic oxidation sites excluding steroid dienone is 1. The lowest BCUT2D eigenvalue weighted by Crippen LogP contribution is -1.87. The van der Waals surface area contributed by atoms with Crippen molar-refractivity contribution in [3.8, 4) is 5.75 Å². The van der Waals surface area contributed by atoms with Crippen molar-refractivity contribution in [2.24, 2.45) is 0 Å². The third kappa shape index (κ3) is 1.93. The van der Waals surface area contributed by atoms with Crippen LogP contribution in [0.4, 0.5) is 0 Å². The number of rotatable bonds is 2. The molecule has 0 saturated carbocycles. The zero-order valence-corrected chi connectivity index (χ0v) is 9.26. The van der Waals surface area contributed by atoms with Crippen molar-refractivity contribution in [3.63, 3.8) is 0 Å². The Morgan fingerprint density at radius 3 is 2.83 bits per heavy atom. The van der Waals surface area contributed by atoms with Gasteiger partial charge in [0.05, 0.1) is 5.02 Å². The van der Waals surface area contributed by atoms with E-state index in [1.807, 2.05) is 6.07 Å². The average Bonchev–Trinajstić information content (AvgIpc) is 2.06. The van der Waals surface area contributed by atoms with Crippen LogP contribution in [-0.4, -0.2) is 5.11 Å². The Labute approximate surface area is 90.2 Å². The summed E-state index contributed by atoms with van der Waals surface area (Å²) in [6.45, 7) is 3.61. The second-order valence-corrected chi connectivity index (χ2v) is 3.92. The Kier molecular flexibility index (Phi) is 3.40. The molecule has 1 aromatic rings. The van der Waals surface area contributed by atoms with E-state index in [2.05, 4.69) is 29.2 Å². The fraction of sp³-hybridized carbons (Fsp3) is 0.111. The molecule has 12 heavy (non-hydrogen) atoms. The minimum Gasteiger partial charge on any atom is -0.506 e. The fourth-order valence-electron chi connectivity index (χ4n) is 0.922. The highest BCUT2D eigenvalue weighted by atomic mass is 127. The Hall–Kier alpha value is -0.220. The van der Waals surface area contributed by atoms with Gasteiger partial charge in [0.15, 0.2) is 0 Å². The van der Waals surface area contributed by atoms with Gasteiger partial charge in [0.25, 0.3) is 0 Å². The van der Waals surface area contributed by atoms with Crippen LogP contribution in [0.3, 0.4) is 0 Å². The number of hydrogen-bond donors (Lipinski definition) is 1. The molecule has 0 aliphatic heterocycles. The molecule has 3 heteroatoms. The largest absolute Gasteiger partial charge is 0.506 e. The predicted molar refractivity (Wildman–Crippen MR) is 59.7 cm³/mol. The lowest BCUT2D eigenvalue weighted by atomic mass is 10.1. The molecule has 0 fully saturated rings. The molecule has 0 saturated heterocycles. The molecule has 0 spiro atoms. The molecule has 0 aliphatic carbocycles. The van der Waals surface area contributed by atoms with Gasteiger partial charge in [0, 0.05) is 9.13 Å². The number of phenolic OH excluding ortho intramolecular Hbond substituents is 1. The molecule has 0 radical (unpaired) electrons. The molecule has 0 aromatic heterocycles. The first-order chi connectivity index (χ1) is 5.66. The summed E-state index contributed by atoms with van der Waals surface area (Å²) in [5.74, 6) is 0.170. The van der Waals surface area contributed by atoms with Crippen LogP contribution in [0.1, 0.15) is 5.56 Å². The lowest BCUT2D eigenvalue weighted by molar-refractivity contribution is 0.469. The summed E-state index contributed by atoms with van der Waals surface area (Å²) in [5.41, 5.74) is 0.845. The molecule has 64 valence electrons. The Morgan fingerprint density at radius 2 is 2.25 bits per heavy atom. The van der Waals surface area contributed by atoms with Gasteiger partial charge in [-0.3, -0.25) is 0 Å². The third-order valence-corrected chi connectivity index (χ3v) is 2.84. The second-order valence-electron chi connectivity index (χ2n) is 2.35. The highest BCUT2D eigenvalue weighted by molar-refractivity contribution is 14.1. The molecule has 1 N–H and O–H groups in total. The maximum absolute atomic E-state index is 9.52. The topological polar surface area (TPSA) is 20.2 Å². The molecule has 1 nitrogen and oxygen atoms in total. The molecular weight excluding hydrogens is 286 g/mol. The van der Waals surface area contributed by atoms with Crippen molar-refractivity contribution in [3.05, 3.63) is 38.9 Å². The van der Waals surface area contributed by atoms with Crippen molar-refractivity contribution in [2.45, 2.75) is 6.42 Å².